The molecule has 1 unspecified atom stereocenters. The van der Waals surface area contributed by atoms with Crippen LogP contribution in [0.4, 0.5) is 5.69 Å². The van der Waals surface area contributed by atoms with Gasteiger partial charge in [-0.2, -0.15) is 0 Å². The minimum Gasteiger partial charge on any atom is -0.361 e. The van der Waals surface area contributed by atoms with Gasteiger partial charge in [-0.15, -0.1) is 11.3 Å². The average molecular weight is 325 g/mol. The van der Waals surface area contributed by atoms with Crippen molar-refractivity contribution in [2.75, 3.05) is 11.4 Å². The zero-order valence-corrected chi connectivity index (χ0v) is 14.3. The molecule has 1 atom stereocenters. The predicted octanol–water partition coefficient (Wildman–Crippen LogP) is 3.73. The van der Waals surface area contributed by atoms with E-state index in [1.54, 1.807) is 11.3 Å². The number of anilines is 1. The van der Waals surface area contributed by atoms with Gasteiger partial charge in [0, 0.05) is 17.1 Å². The maximum Gasteiger partial charge on any atom is 0.259 e. The Morgan fingerprint density at radius 1 is 1.30 bits per heavy atom. The topological polar surface area (TPSA) is 49.0 Å². The molecule has 1 aliphatic heterocycles. The van der Waals surface area contributed by atoms with Crippen molar-refractivity contribution in [3.05, 3.63) is 56.4 Å². The van der Waals surface area contributed by atoms with E-state index in [0.29, 0.717) is 0 Å². The molecule has 23 heavy (non-hydrogen) atoms. The Morgan fingerprint density at radius 2 is 2.09 bits per heavy atom. The third kappa shape index (κ3) is 2.18. The van der Waals surface area contributed by atoms with Crippen LogP contribution in [0.5, 0.6) is 0 Å². The molecule has 1 aromatic carbocycles. The zero-order valence-electron chi connectivity index (χ0n) is 13.5. The Labute approximate surface area is 138 Å². The summed E-state index contributed by atoms with van der Waals surface area (Å²) >= 11 is 1.60. The number of para-hydroxylation sites is 1. The van der Waals surface area contributed by atoms with E-state index < -0.39 is 0 Å². The number of H-pyrrole nitrogens is 1. The number of hydrogen-bond acceptors (Lipinski definition) is 4. The fraction of sp³-hybridized carbons (Fsp3) is 0.333. The summed E-state index contributed by atoms with van der Waals surface area (Å²) in [6, 6.07) is 8.52. The predicted molar refractivity (Wildman–Crippen MR) is 95.6 cm³/mol. The summed E-state index contributed by atoms with van der Waals surface area (Å²) in [5, 5.41) is 0.741. The molecule has 0 amide bonds. The van der Waals surface area contributed by atoms with Crippen molar-refractivity contribution in [2.45, 2.75) is 33.2 Å². The van der Waals surface area contributed by atoms with E-state index in [4.69, 9.17) is 4.98 Å². The van der Waals surface area contributed by atoms with Crippen molar-refractivity contribution < 1.29 is 0 Å². The maximum absolute atomic E-state index is 12.5. The second-order valence-electron chi connectivity index (χ2n) is 6.16. The number of aromatic amines is 1. The van der Waals surface area contributed by atoms with Crippen LogP contribution < -0.4 is 10.5 Å². The van der Waals surface area contributed by atoms with E-state index in [1.165, 1.54) is 11.3 Å². The zero-order chi connectivity index (χ0) is 16.1. The molecular weight excluding hydrogens is 306 g/mol. The number of rotatable bonds is 2. The number of hydrogen-bond donors (Lipinski definition) is 1. The number of thiophene rings is 1. The summed E-state index contributed by atoms with van der Waals surface area (Å²) in [4.78, 5) is 24.6. The first-order valence-corrected chi connectivity index (χ1v) is 8.72. The number of benzene rings is 1. The lowest BCUT2D eigenvalue weighted by Gasteiger charge is -2.26. The third-order valence-corrected chi connectivity index (χ3v) is 5.94. The highest BCUT2D eigenvalue weighted by Gasteiger charge is 2.26. The van der Waals surface area contributed by atoms with Crippen molar-refractivity contribution in [2.24, 2.45) is 0 Å². The third-order valence-electron chi connectivity index (χ3n) is 4.84. The molecule has 3 heterocycles. The molecule has 0 aliphatic carbocycles. The highest BCUT2D eigenvalue weighted by Crippen LogP contribution is 2.34. The van der Waals surface area contributed by atoms with Gasteiger partial charge in [0.05, 0.1) is 11.4 Å². The molecule has 0 fully saturated rings. The molecule has 4 nitrogen and oxygen atoms in total. The van der Waals surface area contributed by atoms with Gasteiger partial charge in [0.1, 0.15) is 10.7 Å². The van der Waals surface area contributed by atoms with E-state index in [9.17, 15) is 4.79 Å². The second kappa shape index (κ2) is 5.20. The fourth-order valence-corrected chi connectivity index (χ4v) is 4.42. The van der Waals surface area contributed by atoms with E-state index in [1.807, 2.05) is 13.8 Å². The minimum absolute atomic E-state index is 0.0221. The molecule has 118 valence electrons. The van der Waals surface area contributed by atoms with Crippen LogP contribution in [-0.4, -0.2) is 16.5 Å². The Bertz CT molecular complexity index is 957. The van der Waals surface area contributed by atoms with Gasteiger partial charge in [-0.1, -0.05) is 18.2 Å². The smallest absolute Gasteiger partial charge is 0.259 e. The van der Waals surface area contributed by atoms with Gasteiger partial charge < -0.3 is 9.88 Å². The van der Waals surface area contributed by atoms with Gasteiger partial charge in [0.2, 0.25) is 0 Å². The van der Waals surface area contributed by atoms with Crippen LogP contribution in [0.1, 0.15) is 34.8 Å². The molecule has 2 aromatic heterocycles. The Kier molecular flexibility index (Phi) is 3.27. The highest BCUT2D eigenvalue weighted by molar-refractivity contribution is 7.18. The summed E-state index contributed by atoms with van der Waals surface area (Å²) < 4.78 is 0. The molecule has 0 radical (unpaired) electrons. The van der Waals surface area contributed by atoms with Gasteiger partial charge in [-0.3, -0.25) is 4.79 Å². The lowest BCUT2D eigenvalue weighted by molar-refractivity contribution is 0.654. The van der Waals surface area contributed by atoms with Gasteiger partial charge >= 0.3 is 0 Å². The number of nitrogens with zero attached hydrogens (tertiary/aromatic N) is 2. The van der Waals surface area contributed by atoms with Crippen LogP contribution in [0.2, 0.25) is 0 Å². The van der Waals surface area contributed by atoms with Gasteiger partial charge in [-0.25, -0.2) is 4.98 Å². The first-order valence-electron chi connectivity index (χ1n) is 7.90. The number of aryl methyl sites for hydroxylation is 2. The van der Waals surface area contributed by atoms with Crippen molar-refractivity contribution in [3.8, 4) is 0 Å². The van der Waals surface area contributed by atoms with Gasteiger partial charge in [-0.05, 0) is 44.4 Å². The van der Waals surface area contributed by atoms with Crippen LogP contribution >= 0.6 is 11.3 Å². The van der Waals surface area contributed by atoms with Crippen molar-refractivity contribution in [3.63, 3.8) is 0 Å². The molecule has 1 N–H and O–H groups in total. The Morgan fingerprint density at radius 3 is 2.91 bits per heavy atom. The summed E-state index contributed by atoms with van der Waals surface area (Å²) in [5.74, 6) is 0.750. The monoisotopic (exact) mass is 325 g/mol. The normalized spacial score (nSPS) is 15.2. The Balaban J connectivity index is 1.79. The van der Waals surface area contributed by atoms with Crippen LogP contribution in [0, 0.1) is 13.8 Å². The maximum atomic E-state index is 12.5. The Hall–Kier alpha value is -2.14. The lowest BCUT2D eigenvalue weighted by atomic mass is 10.1. The molecule has 0 saturated carbocycles. The van der Waals surface area contributed by atoms with E-state index in [-0.39, 0.29) is 11.6 Å². The SMILES string of the molecule is Cc1sc2nc(C(C)N3CCc4ccccc43)[nH]c(=O)c2c1C. The van der Waals surface area contributed by atoms with E-state index in [0.717, 1.165) is 39.4 Å². The van der Waals surface area contributed by atoms with Gasteiger partial charge in [0.25, 0.3) is 5.56 Å². The van der Waals surface area contributed by atoms with E-state index >= 15 is 0 Å². The van der Waals surface area contributed by atoms with Crippen LogP contribution in [0.25, 0.3) is 10.2 Å². The first-order chi connectivity index (χ1) is 11.1. The molecule has 0 bridgehead atoms. The molecular formula is C18H19N3OS. The number of aromatic nitrogens is 2. The first kappa shape index (κ1) is 14.5. The van der Waals surface area contributed by atoms with Crippen LogP contribution in [0.3, 0.4) is 0 Å². The quantitative estimate of drug-likeness (QED) is 0.781. The average Bonchev–Trinajstić information content (AvgIpc) is 3.08. The summed E-state index contributed by atoms with van der Waals surface area (Å²) in [7, 11) is 0. The largest absolute Gasteiger partial charge is 0.361 e. The number of fused-ring (bicyclic) bond motifs is 2. The standard InChI is InChI=1S/C18H19N3OS/c1-10-12(3)23-18-15(10)17(22)19-16(20-18)11(2)21-9-8-13-6-4-5-7-14(13)21/h4-7,11H,8-9H2,1-3H3,(H,19,20,22). The molecule has 0 saturated heterocycles. The lowest BCUT2D eigenvalue weighted by Crippen LogP contribution is -2.27. The molecule has 0 spiro atoms. The molecule has 4 rings (SSSR count). The van der Waals surface area contributed by atoms with Crippen LogP contribution in [0.15, 0.2) is 29.1 Å². The number of nitrogens with one attached hydrogen (secondary N) is 1. The molecule has 3 aromatic rings. The molecule has 1 aliphatic rings. The summed E-state index contributed by atoms with van der Waals surface area (Å²) in [5.41, 5.74) is 3.64. The van der Waals surface area contributed by atoms with E-state index in [2.05, 4.69) is 41.1 Å². The highest BCUT2D eigenvalue weighted by atomic mass is 32.1. The van der Waals surface area contributed by atoms with Crippen molar-refractivity contribution >= 4 is 27.2 Å². The van der Waals surface area contributed by atoms with Gasteiger partial charge in [0.15, 0.2) is 0 Å². The van der Waals surface area contributed by atoms with Crippen molar-refractivity contribution in [1.29, 1.82) is 0 Å². The summed E-state index contributed by atoms with van der Waals surface area (Å²) in [6.45, 7) is 7.11. The van der Waals surface area contributed by atoms with Crippen LogP contribution in [-0.2, 0) is 6.42 Å². The fourth-order valence-electron chi connectivity index (χ4n) is 3.38. The summed E-state index contributed by atoms with van der Waals surface area (Å²) in [6.07, 6.45) is 1.05. The minimum atomic E-state index is -0.0221. The van der Waals surface area contributed by atoms with Crippen molar-refractivity contribution in [1.82, 2.24) is 9.97 Å². The second-order valence-corrected chi connectivity index (χ2v) is 7.37. The molecule has 5 heteroatoms.